The van der Waals surface area contributed by atoms with Crippen LogP contribution in [0.4, 0.5) is 0 Å². The fraction of sp³-hybridized carbons (Fsp3) is 0.269. The quantitative estimate of drug-likeness (QED) is 0.362. The SMILES string of the molecule is COc1c(C(=O)N(C)CCN(C)C)sc2c1c(=O)n(CC(=O)c1ccccc1)c1ccccc21. The Balaban J connectivity index is 1.88. The van der Waals surface area contributed by atoms with Crippen molar-refractivity contribution in [2.24, 2.45) is 0 Å². The third kappa shape index (κ3) is 4.34. The fourth-order valence-corrected chi connectivity index (χ4v) is 5.21. The van der Waals surface area contributed by atoms with Crippen LogP contribution in [0.15, 0.2) is 59.4 Å². The Morgan fingerprint density at radius 3 is 2.32 bits per heavy atom. The number of amides is 1. The predicted octanol–water partition coefficient (Wildman–Crippen LogP) is 3.74. The molecule has 1 amide bonds. The van der Waals surface area contributed by atoms with E-state index in [1.54, 1.807) is 36.2 Å². The number of Topliss-reactive ketones (excluding diaryl/α,β-unsaturated/α-hetero) is 1. The second kappa shape index (κ2) is 9.79. The largest absolute Gasteiger partial charge is 0.494 e. The van der Waals surface area contributed by atoms with Gasteiger partial charge in [0.1, 0.15) is 10.3 Å². The number of fused-ring (bicyclic) bond motifs is 3. The normalized spacial score (nSPS) is 11.3. The number of carbonyl (C=O) groups is 2. The highest BCUT2D eigenvalue weighted by Gasteiger charge is 2.27. The molecule has 4 aromatic rings. The molecule has 0 aliphatic heterocycles. The van der Waals surface area contributed by atoms with Crippen molar-refractivity contribution < 1.29 is 14.3 Å². The van der Waals surface area contributed by atoms with Crippen molar-refractivity contribution in [2.45, 2.75) is 6.54 Å². The topological polar surface area (TPSA) is 71.8 Å². The zero-order valence-electron chi connectivity index (χ0n) is 19.7. The van der Waals surface area contributed by atoms with E-state index in [1.807, 2.05) is 49.3 Å². The molecular weight excluding hydrogens is 450 g/mol. The zero-order chi connectivity index (χ0) is 24.4. The lowest BCUT2D eigenvalue weighted by molar-refractivity contribution is 0.0788. The maximum atomic E-state index is 13.7. The number of benzene rings is 2. The number of methoxy groups -OCH3 is 1. The van der Waals surface area contributed by atoms with E-state index in [2.05, 4.69) is 0 Å². The molecule has 176 valence electrons. The summed E-state index contributed by atoms with van der Waals surface area (Å²) in [5.41, 5.74) is 0.837. The van der Waals surface area contributed by atoms with Crippen LogP contribution in [-0.2, 0) is 6.54 Å². The molecule has 7 nitrogen and oxygen atoms in total. The molecule has 0 aliphatic rings. The van der Waals surface area contributed by atoms with E-state index in [0.29, 0.717) is 39.1 Å². The molecule has 0 radical (unpaired) electrons. The zero-order valence-corrected chi connectivity index (χ0v) is 20.5. The number of rotatable bonds is 8. The van der Waals surface area contributed by atoms with Crippen molar-refractivity contribution >= 4 is 44.0 Å². The van der Waals surface area contributed by atoms with Gasteiger partial charge in [-0.2, -0.15) is 0 Å². The molecule has 0 saturated heterocycles. The summed E-state index contributed by atoms with van der Waals surface area (Å²) < 4.78 is 7.79. The number of likely N-dealkylation sites (N-methyl/N-ethyl adjacent to an activating group) is 2. The first-order chi connectivity index (χ1) is 16.3. The van der Waals surface area contributed by atoms with Crippen molar-refractivity contribution in [1.29, 1.82) is 0 Å². The van der Waals surface area contributed by atoms with Gasteiger partial charge in [0, 0.05) is 31.1 Å². The maximum absolute atomic E-state index is 13.7. The molecule has 4 rings (SSSR count). The van der Waals surface area contributed by atoms with Gasteiger partial charge in [0.15, 0.2) is 11.5 Å². The fourth-order valence-electron chi connectivity index (χ4n) is 3.92. The standard InChI is InChI=1S/C26H27N3O4S/c1-27(2)14-15-28(3)26(32)24-22(33-4)21-23(34-24)18-12-8-9-13-19(18)29(25(21)31)16-20(30)17-10-6-5-7-11-17/h5-13H,14-16H2,1-4H3. The summed E-state index contributed by atoms with van der Waals surface area (Å²) in [4.78, 5) is 44.0. The summed E-state index contributed by atoms with van der Waals surface area (Å²) in [7, 11) is 7.10. The Labute approximate surface area is 201 Å². The van der Waals surface area contributed by atoms with E-state index in [9.17, 15) is 14.4 Å². The lowest BCUT2D eigenvalue weighted by Crippen LogP contribution is -2.33. The van der Waals surface area contributed by atoms with Crippen LogP contribution in [-0.4, -0.2) is 67.4 Å². The van der Waals surface area contributed by atoms with Gasteiger partial charge < -0.3 is 14.5 Å². The number of aromatic nitrogens is 1. The van der Waals surface area contributed by atoms with Crippen molar-refractivity contribution in [1.82, 2.24) is 14.4 Å². The van der Waals surface area contributed by atoms with Crippen LogP contribution in [0.1, 0.15) is 20.0 Å². The number of pyridine rings is 1. The minimum absolute atomic E-state index is 0.107. The number of nitrogens with zero attached hydrogens (tertiary/aromatic N) is 3. The van der Waals surface area contributed by atoms with Gasteiger partial charge >= 0.3 is 0 Å². The second-order valence-corrected chi connectivity index (χ2v) is 9.42. The Bertz CT molecular complexity index is 1420. The highest BCUT2D eigenvalue weighted by atomic mass is 32.1. The Kier molecular flexibility index (Phi) is 6.81. The van der Waals surface area contributed by atoms with Crippen LogP contribution >= 0.6 is 11.3 Å². The van der Waals surface area contributed by atoms with E-state index in [-0.39, 0.29) is 29.5 Å². The minimum atomic E-state index is -0.346. The van der Waals surface area contributed by atoms with Gasteiger partial charge in [0.2, 0.25) is 0 Å². The lowest BCUT2D eigenvalue weighted by atomic mass is 10.1. The maximum Gasteiger partial charge on any atom is 0.267 e. The van der Waals surface area contributed by atoms with Crippen LogP contribution in [0.3, 0.4) is 0 Å². The van der Waals surface area contributed by atoms with Crippen LogP contribution in [0.5, 0.6) is 5.75 Å². The summed E-state index contributed by atoms with van der Waals surface area (Å²) in [5.74, 6) is -0.102. The molecule has 0 aliphatic carbocycles. The highest BCUT2D eigenvalue weighted by molar-refractivity contribution is 7.22. The van der Waals surface area contributed by atoms with Crippen molar-refractivity contribution in [3.63, 3.8) is 0 Å². The molecule has 0 atom stereocenters. The molecule has 2 aromatic carbocycles. The molecule has 0 fully saturated rings. The lowest BCUT2D eigenvalue weighted by Gasteiger charge is -2.19. The number of para-hydroxylation sites is 1. The number of carbonyl (C=O) groups excluding carboxylic acids is 2. The summed E-state index contributed by atoms with van der Waals surface area (Å²) >= 11 is 1.26. The van der Waals surface area contributed by atoms with E-state index in [4.69, 9.17) is 4.74 Å². The molecule has 0 bridgehead atoms. The first-order valence-electron chi connectivity index (χ1n) is 10.9. The predicted molar refractivity (Wildman–Crippen MR) is 136 cm³/mol. The monoisotopic (exact) mass is 477 g/mol. The van der Waals surface area contributed by atoms with Crippen LogP contribution in [0.2, 0.25) is 0 Å². The molecule has 0 spiro atoms. The molecule has 8 heteroatoms. The average Bonchev–Trinajstić information content (AvgIpc) is 3.25. The van der Waals surface area contributed by atoms with E-state index >= 15 is 0 Å². The summed E-state index contributed by atoms with van der Waals surface area (Å²) in [6.45, 7) is 1.15. The molecule has 0 N–H and O–H groups in total. The van der Waals surface area contributed by atoms with Gasteiger partial charge in [-0.1, -0.05) is 48.5 Å². The Morgan fingerprint density at radius 2 is 1.65 bits per heavy atom. The van der Waals surface area contributed by atoms with Crippen LogP contribution in [0, 0.1) is 0 Å². The second-order valence-electron chi connectivity index (χ2n) is 8.40. The van der Waals surface area contributed by atoms with Gasteiger partial charge in [-0.3, -0.25) is 19.0 Å². The number of thiophene rings is 1. The number of hydrogen-bond acceptors (Lipinski definition) is 6. The van der Waals surface area contributed by atoms with Gasteiger partial charge in [-0.25, -0.2) is 0 Å². The molecular formula is C26H27N3O4S. The Morgan fingerprint density at radius 1 is 0.971 bits per heavy atom. The first-order valence-corrected chi connectivity index (χ1v) is 11.8. The van der Waals surface area contributed by atoms with Crippen LogP contribution < -0.4 is 10.3 Å². The summed E-state index contributed by atoms with van der Waals surface area (Å²) in [6.07, 6.45) is 0. The summed E-state index contributed by atoms with van der Waals surface area (Å²) in [5, 5.41) is 1.13. The third-order valence-electron chi connectivity index (χ3n) is 5.79. The smallest absolute Gasteiger partial charge is 0.267 e. The number of hydrogen-bond donors (Lipinski definition) is 0. The van der Waals surface area contributed by atoms with Gasteiger partial charge in [-0.15, -0.1) is 11.3 Å². The van der Waals surface area contributed by atoms with Gasteiger partial charge in [0.05, 0.1) is 23.9 Å². The highest BCUT2D eigenvalue weighted by Crippen LogP contribution is 2.40. The third-order valence-corrected chi connectivity index (χ3v) is 6.98. The molecule has 0 unspecified atom stereocenters. The van der Waals surface area contributed by atoms with Crippen LogP contribution in [0.25, 0.3) is 21.0 Å². The van der Waals surface area contributed by atoms with E-state index in [1.165, 1.54) is 23.0 Å². The first kappa shape index (κ1) is 23.7. The van der Waals surface area contributed by atoms with E-state index in [0.717, 1.165) is 5.39 Å². The van der Waals surface area contributed by atoms with Crippen molar-refractivity contribution in [3.8, 4) is 5.75 Å². The minimum Gasteiger partial charge on any atom is -0.494 e. The number of ether oxygens (including phenoxy) is 1. The summed E-state index contributed by atoms with van der Waals surface area (Å²) in [6, 6.07) is 16.4. The van der Waals surface area contributed by atoms with Crippen molar-refractivity contribution in [2.75, 3.05) is 41.3 Å². The van der Waals surface area contributed by atoms with Gasteiger partial charge in [-0.05, 0) is 20.2 Å². The number of ketones is 1. The molecule has 34 heavy (non-hydrogen) atoms. The molecule has 2 heterocycles. The average molecular weight is 478 g/mol. The molecule has 2 aromatic heterocycles. The van der Waals surface area contributed by atoms with Crippen molar-refractivity contribution in [3.05, 3.63) is 75.4 Å². The van der Waals surface area contributed by atoms with E-state index < -0.39 is 0 Å². The molecule has 0 saturated carbocycles. The van der Waals surface area contributed by atoms with Gasteiger partial charge in [0.25, 0.3) is 11.5 Å². The Hall–Kier alpha value is -3.49.